The third-order valence-corrected chi connectivity index (χ3v) is 2.73. The van der Waals surface area contributed by atoms with Gasteiger partial charge < -0.3 is 0 Å². The first-order valence-electron chi connectivity index (χ1n) is 5.21. The van der Waals surface area contributed by atoms with Gasteiger partial charge in [0, 0.05) is 18.3 Å². The van der Waals surface area contributed by atoms with Crippen molar-refractivity contribution < 1.29 is 0 Å². The quantitative estimate of drug-likeness (QED) is 0.553. The highest BCUT2D eigenvalue weighted by molar-refractivity contribution is 5.11. The molecule has 0 bridgehead atoms. The number of aryl methyl sites for hydroxylation is 1. The summed E-state index contributed by atoms with van der Waals surface area (Å²) in [4.78, 5) is 0. The maximum absolute atomic E-state index is 5.54. The van der Waals surface area contributed by atoms with Gasteiger partial charge in [-0.3, -0.25) is 16.0 Å². The Morgan fingerprint density at radius 2 is 2.29 bits per heavy atom. The van der Waals surface area contributed by atoms with Crippen LogP contribution in [0.2, 0.25) is 0 Å². The average Bonchev–Trinajstić information content (AvgIpc) is 2.67. The first kappa shape index (κ1) is 11.2. The van der Waals surface area contributed by atoms with Crippen molar-refractivity contribution in [1.82, 2.24) is 15.2 Å². The van der Waals surface area contributed by atoms with E-state index in [2.05, 4.69) is 37.5 Å². The molecule has 14 heavy (non-hydrogen) atoms. The normalized spacial score (nSPS) is 15.4. The molecule has 2 atom stereocenters. The van der Waals surface area contributed by atoms with E-state index in [9.17, 15) is 0 Å². The summed E-state index contributed by atoms with van der Waals surface area (Å²) in [5.74, 6) is 6.07. The molecule has 0 aromatic carbocycles. The average molecular weight is 196 g/mol. The minimum atomic E-state index is 0.209. The molecule has 4 nitrogen and oxygen atoms in total. The van der Waals surface area contributed by atoms with Crippen molar-refractivity contribution in [2.75, 3.05) is 0 Å². The van der Waals surface area contributed by atoms with Crippen molar-refractivity contribution in [1.29, 1.82) is 0 Å². The SMILES string of the molecule is CCC(C)C(NN)c1cnn(CC)c1. The van der Waals surface area contributed by atoms with E-state index in [4.69, 9.17) is 5.84 Å². The van der Waals surface area contributed by atoms with Gasteiger partial charge >= 0.3 is 0 Å². The summed E-state index contributed by atoms with van der Waals surface area (Å²) in [6.45, 7) is 7.33. The molecule has 1 heterocycles. The summed E-state index contributed by atoms with van der Waals surface area (Å²) in [7, 11) is 0. The van der Waals surface area contributed by atoms with Gasteiger partial charge in [-0.05, 0) is 12.8 Å². The standard InChI is InChI=1S/C10H20N4/c1-4-8(3)10(13-11)9-6-12-14(5-2)7-9/h6-8,10,13H,4-5,11H2,1-3H3. The molecule has 0 aliphatic heterocycles. The number of nitrogens with zero attached hydrogens (tertiary/aromatic N) is 2. The van der Waals surface area contributed by atoms with E-state index in [1.54, 1.807) is 0 Å². The highest BCUT2D eigenvalue weighted by Crippen LogP contribution is 2.22. The Morgan fingerprint density at radius 3 is 2.71 bits per heavy atom. The summed E-state index contributed by atoms with van der Waals surface area (Å²) in [5.41, 5.74) is 4.02. The van der Waals surface area contributed by atoms with Crippen molar-refractivity contribution >= 4 is 0 Å². The molecule has 1 aromatic rings. The fourth-order valence-corrected chi connectivity index (χ4v) is 1.54. The first-order chi connectivity index (χ1) is 6.72. The van der Waals surface area contributed by atoms with Crippen LogP contribution in [0, 0.1) is 5.92 Å². The van der Waals surface area contributed by atoms with Gasteiger partial charge in [0.1, 0.15) is 0 Å². The Hall–Kier alpha value is -0.870. The summed E-state index contributed by atoms with van der Waals surface area (Å²) >= 11 is 0. The van der Waals surface area contributed by atoms with Crippen LogP contribution in [0.25, 0.3) is 0 Å². The van der Waals surface area contributed by atoms with Crippen LogP contribution >= 0.6 is 0 Å². The van der Waals surface area contributed by atoms with Gasteiger partial charge in [0.25, 0.3) is 0 Å². The second kappa shape index (κ2) is 5.12. The van der Waals surface area contributed by atoms with E-state index < -0.39 is 0 Å². The first-order valence-corrected chi connectivity index (χ1v) is 5.21. The predicted octanol–water partition coefficient (Wildman–Crippen LogP) is 1.45. The second-order valence-electron chi connectivity index (χ2n) is 3.66. The van der Waals surface area contributed by atoms with Crippen molar-refractivity contribution in [2.24, 2.45) is 11.8 Å². The Balaban J connectivity index is 2.78. The molecule has 0 fully saturated rings. The highest BCUT2D eigenvalue weighted by Gasteiger charge is 2.17. The van der Waals surface area contributed by atoms with Gasteiger partial charge in [-0.2, -0.15) is 5.10 Å². The highest BCUT2D eigenvalue weighted by atomic mass is 15.3. The molecule has 80 valence electrons. The van der Waals surface area contributed by atoms with Gasteiger partial charge in [-0.1, -0.05) is 20.3 Å². The van der Waals surface area contributed by atoms with Gasteiger partial charge in [0.15, 0.2) is 0 Å². The van der Waals surface area contributed by atoms with E-state index >= 15 is 0 Å². The van der Waals surface area contributed by atoms with E-state index in [0.717, 1.165) is 13.0 Å². The molecule has 0 radical (unpaired) electrons. The summed E-state index contributed by atoms with van der Waals surface area (Å²) in [6.07, 6.45) is 5.04. The second-order valence-corrected chi connectivity index (χ2v) is 3.66. The minimum Gasteiger partial charge on any atom is -0.273 e. The lowest BCUT2D eigenvalue weighted by molar-refractivity contribution is 0.382. The molecular formula is C10H20N4. The van der Waals surface area contributed by atoms with Crippen molar-refractivity contribution in [2.45, 2.75) is 39.8 Å². The van der Waals surface area contributed by atoms with E-state index in [0.29, 0.717) is 5.92 Å². The third-order valence-electron chi connectivity index (χ3n) is 2.73. The molecule has 3 N–H and O–H groups in total. The van der Waals surface area contributed by atoms with E-state index in [1.165, 1.54) is 5.56 Å². The number of aromatic nitrogens is 2. The van der Waals surface area contributed by atoms with Crippen LogP contribution in [-0.4, -0.2) is 9.78 Å². The number of nitrogens with two attached hydrogens (primary N) is 1. The lowest BCUT2D eigenvalue weighted by atomic mass is 9.95. The third kappa shape index (κ3) is 2.33. The van der Waals surface area contributed by atoms with Crippen LogP contribution < -0.4 is 11.3 Å². The fourth-order valence-electron chi connectivity index (χ4n) is 1.54. The molecule has 0 aliphatic rings. The zero-order valence-corrected chi connectivity index (χ0v) is 9.20. The molecule has 1 aromatic heterocycles. The van der Waals surface area contributed by atoms with Crippen LogP contribution in [0.5, 0.6) is 0 Å². The maximum Gasteiger partial charge on any atom is 0.0538 e. The lowest BCUT2D eigenvalue weighted by Gasteiger charge is -2.20. The molecule has 4 heteroatoms. The molecular weight excluding hydrogens is 176 g/mol. The molecule has 0 saturated carbocycles. The van der Waals surface area contributed by atoms with Crippen LogP contribution in [0.3, 0.4) is 0 Å². The van der Waals surface area contributed by atoms with Crippen molar-refractivity contribution in [3.05, 3.63) is 18.0 Å². The smallest absolute Gasteiger partial charge is 0.0538 e. The Labute approximate surface area is 85.5 Å². The van der Waals surface area contributed by atoms with Gasteiger partial charge in [0.05, 0.1) is 12.2 Å². The zero-order valence-electron chi connectivity index (χ0n) is 9.20. The Morgan fingerprint density at radius 1 is 1.57 bits per heavy atom. The summed E-state index contributed by atoms with van der Waals surface area (Å²) < 4.78 is 1.92. The topological polar surface area (TPSA) is 55.9 Å². The number of hydrazine groups is 1. The largest absolute Gasteiger partial charge is 0.273 e. The predicted molar refractivity (Wildman–Crippen MR) is 57.4 cm³/mol. The van der Waals surface area contributed by atoms with Crippen LogP contribution in [0.4, 0.5) is 0 Å². The summed E-state index contributed by atoms with van der Waals surface area (Å²) in [6, 6.07) is 0.209. The molecule has 0 spiro atoms. The number of nitrogens with one attached hydrogen (secondary N) is 1. The van der Waals surface area contributed by atoms with Crippen LogP contribution in [0.15, 0.2) is 12.4 Å². The monoisotopic (exact) mass is 196 g/mol. The molecule has 2 unspecified atom stereocenters. The van der Waals surface area contributed by atoms with E-state index in [-0.39, 0.29) is 6.04 Å². The fraction of sp³-hybridized carbons (Fsp3) is 0.700. The number of rotatable bonds is 5. The van der Waals surface area contributed by atoms with Crippen LogP contribution in [-0.2, 0) is 6.54 Å². The molecule has 0 aliphatic carbocycles. The molecule has 0 saturated heterocycles. The number of hydrogen-bond donors (Lipinski definition) is 2. The zero-order chi connectivity index (χ0) is 10.6. The molecule has 1 rings (SSSR count). The van der Waals surface area contributed by atoms with E-state index in [1.807, 2.05) is 10.9 Å². The minimum absolute atomic E-state index is 0.209. The van der Waals surface area contributed by atoms with Crippen molar-refractivity contribution in [3.63, 3.8) is 0 Å². The Kier molecular flexibility index (Phi) is 4.10. The number of hydrogen-bond acceptors (Lipinski definition) is 3. The van der Waals surface area contributed by atoms with Crippen LogP contribution in [0.1, 0.15) is 38.8 Å². The maximum atomic E-state index is 5.54. The summed E-state index contributed by atoms with van der Waals surface area (Å²) in [5, 5.41) is 4.24. The van der Waals surface area contributed by atoms with Gasteiger partial charge in [-0.15, -0.1) is 0 Å². The van der Waals surface area contributed by atoms with Crippen molar-refractivity contribution in [3.8, 4) is 0 Å². The van der Waals surface area contributed by atoms with Gasteiger partial charge in [0.2, 0.25) is 0 Å². The lowest BCUT2D eigenvalue weighted by Crippen LogP contribution is -2.32. The Bertz CT molecular complexity index is 269. The van der Waals surface area contributed by atoms with Gasteiger partial charge in [-0.25, -0.2) is 0 Å². The molecule has 0 amide bonds.